The highest BCUT2D eigenvalue weighted by atomic mass is 79.9. The molecule has 7 heteroatoms. The summed E-state index contributed by atoms with van der Waals surface area (Å²) in [6.07, 6.45) is 2.27. The lowest BCUT2D eigenvalue weighted by atomic mass is 9.64. The number of rotatable bonds is 5. The van der Waals surface area contributed by atoms with Crippen molar-refractivity contribution < 1.29 is 19.1 Å². The molecule has 0 spiro atoms. The number of anilines is 1. The van der Waals surface area contributed by atoms with E-state index in [-0.39, 0.29) is 34.9 Å². The number of halogens is 1. The largest absolute Gasteiger partial charge is 0.483 e. The van der Waals surface area contributed by atoms with E-state index in [1.54, 1.807) is 6.07 Å². The highest BCUT2D eigenvalue weighted by Gasteiger charge is 2.47. The number of amides is 1. The number of ether oxygens (including phenoxy) is 1. The van der Waals surface area contributed by atoms with E-state index in [2.05, 4.69) is 54.3 Å². The van der Waals surface area contributed by atoms with Gasteiger partial charge in [0.1, 0.15) is 5.75 Å². The summed E-state index contributed by atoms with van der Waals surface area (Å²) >= 11 is 3.58. The predicted octanol–water partition coefficient (Wildman–Crippen LogP) is 6.44. The molecule has 38 heavy (non-hydrogen) atoms. The summed E-state index contributed by atoms with van der Waals surface area (Å²) < 4.78 is 6.88. The Balaban J connectivity index is 1.55. The van der Waals surface area contributed by atoms with E-state index in [9.17, 15) is 14.4 Å². The number of carbonyl (C=O) groups excluding carboxylic acids is 3. The molecule has 1 heterocycles. The molecule has 6 nitrogen and oxygen atoms in total. The van der Waals surface area contributed by atoms with Crippen molar-refractivity contribution >= 4 is 39.1 Å². The molecule has 0 radical (unpaired) electrons. The number of nitrogens with one attached hydrogen (secondary N) is 2. The maximum atomic E-state index is 13.7. The number of carbonyl (C=O) groups is 3. The molecular weight excluding hydrogens is 544 g/mol. The van der Waals surface area contributed by atoms with Gasteiger partial charge in [-0.15, -0.1) is 0 Å². The van der Waals surface area contributed by atoms with Crippen molar-refractivity contribution in [2.75, 3.05) is 11.9 Å². The van der Waals surface area contributed by atoms with Crippen LogP contribution in [-0.2, 0) is 14.4 Å². The molecule has 2 aromatic carbocycles. The highest BCUT2D eigenvalue weighted by molar-refractivity contribution is 9.10. The molecule has 0 unspecified atom stereocenters. The van der Waals surface area contributed by atoms with Gasteiger partial charge in [-0.3, -0.25) is 14.4 Å². The van der Waals surface area contributed by atoms with Crippen LogP contribution in [0.4, 0.5) is 5.69 Å². The van der Waals surface area contributed by atoms with Gasteiger partial charge < -0.3 is 15.4 Å². The Morgan fingerprint density at radius 3 is 2.08 bits per heavy atom. The first-order valence-electron chi connectivity index (χ1n) is 13.0. The van der Waals surface area contributed by atoms with Gasteiger partial charge in [-0.2, -0.15) is 0 Å². The van der Waals surface area contributed by atoms with E-state index in [0.29, 0.717) is 35.4 Å². The molecule has 3 aliphatic rings. The number of para-hydroxylation sites is 1. The van der Waals surface area contributed by atoms with E-state index in [1.807, 2.05) is 42.5 Å². The van der Waals surface area contributed by atoms with Crippen molar-refractivity contribution in [2.24, 2.45) is 10.8 Å². The smallest absolute Gasteiger partial charge is 0.262 e. The number of hydrogen-bond acceptors (Lipinski definition) is 5. The first kappa shape index (κ1) is 26.4. The van der Waals surface area contributed by atoms with Gasteiger partial charge in [0, 0.05) is 57.0 Å². The SMILES string of the molecule is CC1(C)CC(=O)C2=C(C1)NC1=C(C(=O)CC(C)(C)C1)C2c1cc(Br)ccc1OCC(=O)Nc1ccccc1. The van der Waals surface area contributed by atoms with Crippen molar-refractivity contribution in [1.29, 1.82) is 0 Å². The summed E-state index contributed by atoms with van der Waals surface area (Å²) in [5, 5.41) is 6.38. The zero-order valence-electron chi connectivity index (χ0n) is 22.2. The van der Waals surface area contributed by atoms with Gasteiger partial charge >= 0.3 is 0 Å². The van der Waals surface area contributed by atoms with Crippen molar-refractivity contribution in [1.82, 2.24) is 5.32 Å². The monoisotopic (exact) mass is 576 g/mol. The zero-order chi connectivity index (χ0) is 27.2. The first-order valence-corrected chi connectivity index (χ1v) is 13.8. The Labute approximate surface area is 232 Å². The zero-order valence-corrected chi connectivity index (χ0v) is 23.8. The third kappa shape index (κ3) is 5.35. The number of ketones is 2. The van der Waals surface area contributed by atoms with E-state index >= 15 is 0 Å². The van der Waals surface area contributed by atoms with Gasteiger partial charge in [0.25, 0.3) is 5.91 Å². The van der Waals surface area contributed by atoms with Crippen LogP contribution in [0.5, 0.6) is 5.75 Å². The topological polar surface area (TPSA) is 84.5 Å². The Hall–Kier alpha value is -3.19. The molecule has 0 saturated heterocycles. The maximum absolute atomic E-state index is 13.7. The summed E-state index contributed by atoms with van der Waals surface area (Å²) in [6, 6.07) is 14.8. The lowest BCUT2D eigenvalue weighted by molar-refractivity contribution is -0.120. The summed E-state index contributed by atoms with van der Waals surface area (Å²) in [4.78, 5) is 40.0. The quantitative estimate of drug-likeness (QED) is 0.428. The minimum Gasteiger partial charge on any atom is -0.483 e. The van der Waals surface area contributed by atoms with Gasteiger partial charge in [0.05, 0.1) is 0 Å². The number of Topliss-reactive ketones (excluding diaryl/α,β-unsaturated/α-hetero) is 2. The van der Waals surface area contributed by atoms with E-state index in [0.717, 1.165) is 34.3 Å². The average Bonchev–Trinajstić information content (AvgIpc) is 2.81. The minimum atomic E-state index is -0.543. The Kier molecular flexibility index (Phi) is 6.84. The van der Waals surface area contributed by atoms with Crippen LogP contribution in [0.1, 0.15) is 64.9 Å². The van der Waals surface area contributed by atoms with Crippen LogP contribution in [0, 0.1) is 10.8 Å². The van der Waals surface area contributed by atoms with Gasteiger partial charge in [0.15, 0.2) is 18.2 Å². The summed E-state index contributed by atoms with van der Waals surface area (Å²) in [5.41, 5.74) is 4.14. The highest BCUT2D eigenvalue weighted by Crippen LogP contribution is 2.52. The Morgan fingerprint density at radius 2 is 1.50 bits per heavy atom. The fraction of sp³-hybridized carbons (Fsp3) is 0.387. The second-order valence-corrected chi connectivity index (χ2v) is 13.0. The molecule has 0 fully saturated rings. The van der Waals surface area contributed by atoms with Crippen molar-refractivity contribution in [3.05, 3.63) is 81.1 Å². The normalized spacial score (nSPS) is 20.4. The van der Waals surface area contributed by atoms with Crippen molar-refractivity contribution in [3.8, 4) is 5.75 Å². The maximum Gasteiger partial charge on any atom is 0.262 e. The number of hydrogen-bond donors (Lipinski definition) is 2. The molecular formula is C31H33BrN2O4. The van der Waals surface area contributed by atoms with Crippen LogP contribution in [-0.4, -0.2) is 24.1 Å². The fourth-order valence-electron chi connectivity index (χ4n) is 5.94. The summed E-state index contributed by atoms with van der Waals surface area (Å²) in [7, 11) is 0. The molecule has 2 aliphatic carbocycles. The predicted molar refractivity (Wildman–Crippen MR) is 151 cm³/mol. The molecule has 0 bridgehead atoms. The molecule has 1 amide bonds. The van der Waals surface area contributed by atoms with Gasteiger partial charge in [-0.1, -0.05) is 61.8 Å². The van der Waals surface area contributed by atoms with Gasteiger partial charge in [-0.05, 0) is 54.0 Å². The average molecular weight is 578 g/mol. The lowest BCUT2D eigenvalue weighted by Gasteiger charge is -2.44. The van der Waals surface area contributed by atoms with Crippen LogP contribution >= 0.6 is 15.9 Å². The van der Waals surface area contributed by atoms with Crippen LogP contribution in [0.3, 0.4) is 0 Å². The first-order chi connectivity index (χ1) is 17.9. The Bertz CT molecular complexity index is 1340. The van der Waals surface area contributed by atoms with Crippen molar-refractivity contribution in [3.63, 3.8) is 0 Å². The molecule has 0 atom stereocenters. The second kappa shape index (κ2) is 9.84. The third-order valence-corrected chi connectivity index (χ3v) is 7.91. The molecule has 2 aromatic rings. The molecule has 2 N–H and O–H groups in total. The number of benzene rings is 2. The fourth-order valence-corrected chi connectivity index (χ4v) is 6.32. The van der Waals surface area contributed by atoms with Gasteiger partial charge in [0.2, 0.25) is 0 Å². The summed E-state index contributed by atoms with van der Waals surface area (Å²) in [6.45, 7) is 8.21. The van der Waals surface area contributed by atoms with E-state index < -0.39 is 5.92 Å². The van der Waals surface area contributed by atoms with Crippen LogP contribution in [0.2, 0.25) is 0 Å². The van der Waals surface area contributed by atoms with E-state index in [1.165, 1.54) is 0 Å². The van der Waals surface area contributed by atoms with Gasteiger partial charge in [-0.25, -0.2) is 0 Å². The number of allylic oxidation sites excluding steroid dienone is 4. The Morgan fingerprint density at radius 1 is 0.921 bits per heavy atom. The van der Waals surface area contributed by atoms with Crippen LogP contribution < -0.4 is 15.4 Å². The summed E-state index contributed by atoms with van der Waals surface area (Å²) in [5.74, 6) is -0.257. The van der Waals surface area contributed by atoms with Crippen LogP contribution in [0.15, 0.2) is 75.5 Å². The molecule has 0 saturated carbocycles. The van der Waals surface area contributed by atoms with Crippen molar-refractivity contribution in [2.45, 2.75) is 59.3 Å². The number of dihydropyridines is 1. The standard InChI is InChI=1S/C31H33BrN2O4/c1-30(2)13-21-28(23(35)15-30)27(29-22(34-21)14-31(3,4)16-24(29)36)20-12-18(32)10-11-25(20)38-17-26(37)33-19-8-6-5-7-9-19/h5-12,27,34H,13-17H2,1-4H3,(H,33,37). The molecule has 0 aromatic heterocycles. The molecule has 198 valence electrons. The molecule has 1 aliphatic heterocycles. The third-order valence-electron chi connectivity index (χ3n) is 7.42. The second-order valence-electron chi connectivity index (χ2n) is 12.1. The minimum absolute atomic E-state index is 0.0469. The van der Waals surface area contributed by atoms with E-state index in [4.69, 9.17) is 4.74 Å². The lowest BCUT2D eigenvalue weighted by Crippen LogP contribution is -2.42. The molecule has 5 rings (SSSR count). The van der Waals surface area contributed by atoms with Crippen LogP contribution in [0.25, 0.3) is 0 Å².